The molecule has 10 atom stereocenters. The lowest BCUT2D eigenvalue weighted by atomic mass is 9.43. The van der Waals surface area contributed by atoms with Gasteiger partial charge in [0.1, 0.15) is 0 Å². The first-order valence-electron chi connectivity index (χ1n) is 16.0. The van der Waals surface area contributed by atoms with Crippen LogP contribution in [0.1, 0.15) is 90.5 Å². The number of rotatable bonds is 10. The molecule has 3 N–H and O–H groups in total. The van der Waals surface area contributed by atoms with Crippen LogP contribution in [0, 0.1) is 46.3 Å². The van der Waals surface area contributed by atoms with E-state index in [1.165, 1.54) is 31.2 Å². The number of benzene rings is 1. The van der Waals surface area contributed by atoms with Gasteiger partial charge in [-0.1, -0.05) is 51.1 Å². The predicted molar refractivity (Wildman–Crippen MR) is 159 cm³/mol. The molecule has 4 aliphatic rings. The van der Waals surface area contributed by atoms with Crippen LogP contribution in [0.25, 0.3) is 0 Å². The minimum Gasteiger partial charge on any atom is -0.393 e. The van der Waals surface area contributed by atoms with E-state index in [0.717, 1.165) is 32.1 Å². The van der Waals surface area contributed by atoms with Crippen molar-refractivity contribution in [3.63, 3.8) is 0 Å². The number of nitrogens with one attached hydrogen (secondary N) is 1. The molecule has 8 heteroatoms. The molecule has 1 unspecified atom stereocenters. The fourth-order valence-corrected chi connectivity index (χ4v) is 10.4. The number of aliphatic hydroxyl groups excluding tert-OH is 1. The Hall–Kier alpha value is -1.48. The second-order valence-electron chi connectivity index (χ2n) is 14.4. The molecule has 0 aliphatic heterocycles. The van der Waals surface area contributed by atoms with Gasteiger partial charge in [-0.05, 0) is 110 Å². The minimum atomic E-state index is -4.07. The maximum atomic E-state index is 12.4. The number of amides is 1. The third kappa shape index (κ3) is 6.56. The van der Waals surface area contributed by atoms with Crippen molar-refractivity contribution < 1.29 is 27.6 Å². The van der Waals surface area contributed by atoms with Crippen molar-refractivity contribution in [2.24, 2.45) is 46.3 Å². The summed E-state index contributed by atoms with van der Waals surface area (Å²) >= 11 is 0. The van der Waals surface area contributed by atoms with Gasteiger partial charge in [-0.2, -0.15) is 8.42 Å². The molecular weight excluding hydrogens is 538 g/mol. The Kier molecular flexibility index (Phi) is 9.25. The van der Waals surface area contributed by atoms with Gasteiger partial charge < -0.3 is 15.2 Å². The number of carbonyl (C=O) groups is 1. The highest BCUT2D eigenvalue weighted by molar-refractivity contribution is 7.85. The predicted octanol–water partition coefficient (Wildman–Crippen LogP) is 5.62. The van der Waals surface area contributed by atoms with E-state index in [4.69, 9.17) is 9.29 Å². The quantitative estimate of drug-likeness (QED) is 0.305. The van der Waals surface area contributed by atoms with Gasteiger partial charge in [0.2, 0.25) is 5.91 Å². The molecule has 5 rings (SSSR count). The molecular formula is C33H51NO6S. The number of carbonyl (C=O) groups excluding carboxylic acids is 1. The fourth-order valence-electron chi connectivity index (χ4n) is 10.1. The Bertz CT molecular complexity index is 1160. The van der Waals surface area contributed by atoms with Crippen molar-refractivity contribution in [2.45, 2.75) is 104 Å². The smallest absolute Gasteiger partial charge is 0.266 e. The molecule has 1 amide bonds. The Morgan fingerprint density at radius 1 is 1.05 bits per heavy atom. The summed E-state index contributed by atoms with van der Waals surface area (Å²) in [6.45, 7) is 7.91. The molecule has 4 aliphatic carbocycles. The third-order valence-electron chi connectivity index (χ3n) is 12.2. The summed E-state index contributed by atoms with van der Waals surface area (Å²) in [6, 6.07) is 10.5. The monoisotopic (exact) mass is 589 g/mol. The number of fused-ring (bicyclic) bond motifs is 5. The number of hydrogen-bond donors (Lipinski definition) is 3. The normalized spacial score (nSPS) is 39.3. The molecule has 0 aromatic heterocycles. The summed E-state index contributed by atoms with van der Waals surface area (Å²) in [6.07, 6.45) is 9.97. The Labute approximate surface area is 247 Å². The van der Waals surface area contributed by atoms with E-state index in [0.29, 0.717) is 48.5 Å². The summed E-state index contributed by atoms with van der Waals surface area (Å²) in [5, 5.41) is 13.2. The summed E-state index contributed by atoms with van der Waals surface area (Å²) in [7, 11) is -4.07. The summed E-state index contributed by atoms with van der Waals surface area (Å²) in [5.74, 6) is 2.60. The zero-order valence-electron chi connectivity index (χ0n) is 25.1. The van der Waals surface area contributed by atoms with Crippen LogP contribution in [0.2, 0.25) is 0 Å². The highest BCUT2D eigenvalue weighted by Gasteiger charge is 2.63. The zero-order chi connectivity index (χ0) is 29.4. The van der Waals surface area contributed by atoms with Crippen LogP contribution in [0.3, 0.4) is 0 Å². The largest absolute Gasteiger partial charge is 0.393 e. The van der Waals surface area contributed by atoms with Gasteiger partial charge in [-0.3, -0.25) is 9.35 Å². The van der Waals surface area contributed by atoms with E-state index in [-0.39, 0.29) is 35.5 Å². The van der Waals surface area contributed by atoms with E-state index in [2.05, 4.69) is 50.4 Å². The molecule has 41 heavy (non-hydrogen) atoms. The van der Waals surface area contributed by atoms with Crippen LogP contribution in [-0.2, 0) is 26.3 Å². The molecule has 230 valence electrons. The van der Waals surface area contributed by atoms with Crippen LogP contribution in [0.4, 0.5) is 0 Å². The second-order valence-corrected chi connectivity index (χ2v) is 15.9. The molecule has 1 aromatic rings. The first-order chi connectivity index (χ1) is 19.4. The van der Waals surface area contributed by atoms with Crippen LogP contribution < -0.4 is 5.32 Å². The highest BCUT2D eigenvalue weighted by atomic mass is 32.2. The standard InChI is InChI=1S/C33H51NO6S/c1-22(9-12-30(36)34-17-18-41(37,38)39)26-10-11-27-31-28(14-16-33(26,27)3)32(2)15-13-25(35)19-24(32)20-29(31)40-21-23-7-5-4-6-8-23/h4-8,22,24-29,31,35H,9-21H2,1-3H3,(H,34,36)(H,37,38,39)/t22-,24?,25-,26-,27+,28+,29+,31+,32+,33-/m1/s1. The van der Waals surface area contributed by atoms with Crippen molar-refractivity contribution in [3.05, 3.63) is 35.9 Å². The average molecular weight is 590 g/mol. The number of ether oxygens (including phenoxy) is 1. The van der Waals surface area contributed by atoms with Crippen LogP contribution in [0.15, 0.2) is 30.3 Å². The molecule has 0 bridgehead atoms. The molecule has 0 radical (unpaired) electrons. The molecule has 0 spiro atoms. The van der Waals surface area contributed by atoms with Gasteiger partial charge in [0.05, 0.1) is 24.6 Å². The lowest BCUT2D eigenvalue weighted by Gasteiger charge is -2.63. The Morgan fingerprint density at radius 2 is 1.76 bits per heavy atom. The lowest BCUT2D eigenvalue weighted by Crippen LogP contribution is -2.59. The molecule has 4 fully saturated rings. The summed E-state index contributed by atoms with van der Waals surface area (Å²) < 4.78 is 37.7. The van der Waals surface area contributed by atoms with Crippen LogP contribution in [0.5, 0.6) is 0 Å². The molecule has 0 heterocycles. The SMILES string of the molecule is C[C@H](CCC(=O)NCCS(=O)(=O)O)[C@H]1CC[C@H]2[C@@H]3[C@@H](OCc4ccccc4)CC4C[C@H](O)CC[C@]4(C)[C@H]3CC[C@]12C. The minimum absolute atomic E-state index is 0.0561. The molecule has 4 saturated carbocycles. The van der Waals surface area contributed by atoms with E-state index in [1.54, 1.807) is 0 Å². The van der Waals surface area contributed by atoms with Crippen LogP contribution >= 0.6 is 0 Å². The van der Waals surface area contributed by atoms with Crippen molar-refractivity contribution in [1.82, 2.24) is 5.32 Å². The Morgan fingerprint density at radius 3 is 2.49 bits per heavy atom. The van der Waals surface area contributed by atoms with Gasteiger partial charge in [0, 0.05) is 13.0 Å². The van der Waals surface area contributed by atoms with Gasteiger partial charge in [0.25, 0.3) is 10.1 Å². The fraction of sp³-hybridized carbons (Fsp3) is 0.788. The topological polar surface area (TPSA) is 113 Å². The van der Waals surface area contributed by atoms with Gasteiger partial charge >= 0.3 is 0 Å². The number of aliphatic hydroxyl groups is 1. The van der Waals surface area contributed by atoms with Gasteiger partial charge in [0.15, 0.2) is 0 Å². The second kappa shape index (κ2) is 12.3. The van der Waals surface area contributed by atoms with Gasteiger partial charge in [-0.15, -0.1) is 0 Å². The first kappa shape index (κ1) is 31.0. The highest BCUT2D eigenvalue weighted by Crippen LogP contribution is 2.68. The maximum Gasteiger partial charge on any atom is 0.266 e. The molecule has 1 aromatic carbocycles. The van der Waals surface area contributed by atoms with Crippen molar-refractivity contribution in [2.75, 3.05) is 12.3 Å². The van der Waals surface area contributed by atoms with Crippen molar-refractivity contribution >= 4 is 16.0 Å². The van der Waals surface area contributed by atoms with Crippen LogP contribution in [-0.4, -0.2) is 48.5 Å². The zero-order valence-corrected chi connectivity index (χ0v) is 26.0. The van der Waals surface area contributed by atoms with E-state index in [1.807, 2.05) is 6.07 Å². The average Bonchev–Trinajstić information content (AvgIpc) is 3.28. The Balaban J connectivity index is 1.29. The van der Waals surface area contributed by atoms with Crippen molar-refractivity contribution in [3.8, 4) is 0 Å². The first-order valence-corrected chi connectivity index (χ1v) is 17.6. The number of hydrogen-bond acceptors (Lipinski definition) is 5. The van der Waals surface area contributed by atoms with E-state index < -0.39 is 15.9 Å². The molecule has 0 saturated heterocycles. The van der Waals surface area contributed by atoms with Gasteiger partial charge in [-0.25, -0.2) is 0 Å². The summed E-state index contributed by atoms with van der Waals surface area (Å²) in [5.41, 5.74) is 1.70. The third-order valence-corrected chi connectivity index (χ3v) is 12.9. The van der Waals surface area contributed by atoms with Crippen molar-refractivity contribution in [1.29, 1.82) is 0 Å². The summed E-state index contributed by atoms with van der Waals surface area (Å²) in [4.78, 5) is 12.4. The van der Waals surface area contributed by atoms with E-state index in [9.17, 15) is 18.3 Å². The molecule has 7 nitrogen and oxygen atoms in total. The lowest BCUT2D eigenvalue weighted by molar-refractivity contribution is -0.191. The maximum absolute atomic E-state index is 12.4. The van der Waals surface area contributed by atoms with E-state index >= 15 is 0 Å².